The molecule has 1 saturated heterocycles. The van der Waals surface area contributed by atoms with Gasteiger partial charge in [-0.25, -0.2) is 5.11 Å². The molecule has 0 saturated carbocycles. The van der Waals surface area contributed by atoms with Crippen LogP contribution in [0.3, 0.4) is 0 Å². The largest absolute Gasteiger partial charge is 0.374 e. The predicted molar refractivity (Wildman–Crippen MR) is 67.4 cm³/mol. The summed E-state index contributed by atoms with van der Waals surface area (Å²) in [6.45, 7) is 1.83. The number of rotatable bonds is 2. The topological polar surface area (TPSA) is 41.2 Å². The van der Waals surface area contributed by atoms with E-state index >= 15 is 0 Å². The van der Waals surface area contributed by atoms with Gasteiger partial charge < -0.3 is 10.1 Å². The highest BCUT2D eigenvalue weighted by atomic mass is 35.5. The first-order valence-electron chi connectivity index (χ1n) is 5.57. The molecule has 1 aromatic rings. The fourth-order valence-electron chi connectivity index (χ4n) is 2.03. The lowest BCUT2D eigenvalue weighted by molar-refractivity contribution is -0.0113. The van der Waals surface area contributed by atoms with Crippen molar-refractivity contribution in [3.63, 3.8) is 0 Å². The highest BCUT2D eigenvalue weighted by Gasteiger charge is 2.26. The van der Waals surface area contributed by atoms with Gasteiger partial charge in [-0.2, -0.15) is 0 Å². The quantitative estimate of drug-likeness (QED) is 0.901. The first-order chi connectivity index (χ1) is 8.22. The van der Waals surface area contributed by atoms with Crippen molar-refractivity contribution < 1.29 is 9.84 Å². The van der Waals surface area contributed by atoms with E-state index in [4.69, 9.17) is 27.9 Å². The first kappa shape index (κ1) is 13.1. The standard InChI is InChI=1S/C12H14Cl2NO2/c13-10-2-1-8(5-11(10)14)9-6-15-3-4-17-12(9)7-16/h1-2,5,9,12,15H,3-4,6-7H2. The molecule has 2 unspecified atom stereocenters. The maximum atomic E-state index is 11.2. The molecule has 1 aliphatic heterocycles. The number of nitrogens with one attached hydrogen (secondary N) is 1. The Morgan fingerprint density at radius 1 is 1.35 bits per heavy atom. The Bertz CT molecular complexity index is 387. The molecule has 0 bridgehead atoms. The lowest BCUT2D eigenvalue weighted by Gasteiger charge is -2.22. The Hall–Kier alpha value is -0.320. The first-order valence-corrected chi connectivity index (χ1v) is 6.33. The normalized spacial score (nSPS) is 25.6. The van der Waals surface area contributed by atoms with Crippen LogP contribution in [0.15, 0.2) is 18.2 Å². The zero-order chi connectivity index (χ0) is 12.3. The molecule has 1 N–H and O–H groups in total. The van der Waals surface area contributed by atoms with Crippen LogP contribution < -0.4 is 5.32 Å². The second-order valence-electron chi connectivity index (χ2n) is 4.06. The van der Waals surface area contributed by atoms with Crippen LogP contribution in [0.1, 0.15) is 11.5 Å². The van der Waals surface area contributed by atoms with E-state index in [2.05, 4.69) is 5.32 Å². The summed E-state index contributed by atoms with van der Waals surface area (Å²) in [5.41, 5.74) is 0.995. The average molecular weight is 275 g/mol. The molecule has 5 heteroatoms. The minimum Gasteiger partial charge on any atom is -0.374 e. The van der Waals surface area contributed by atoms with Gasteiger partial charge in [-0.1, -0.05) is 29.3 Å². The predicted octanol–water partition coefficient (Wildman–Crippen LogP) is 2.50. The summed E-state index contributed by atoms with van der Waals surface area (Å²) in [7, 11) is 0. The Labute approximate surface area is 111 Å². The second kappa shape index (κ2) is 6.03. The van der Waals surface area contributed by atoms with E-state index < -0.39 is 0 Å². The van der Waals surface area contributed by atoms with Gasteiger partial charge in [-0.15, -0.1) is 0 Å². The van der Waals surface area contributed by atoms with Gasteiger partial charge in [0.15, 0.2) is 0 Å². The summed E-state index contributed by atoms with van der Waals surface area (Å²) >= 11 is 11.9. The number of halogens is 2. The molecule has 1 aromatic carbocycles. The highest BCUT2D eigenvalue weighted by molar-refractivity contribution is 6.42. The van der Waals surface area contributed by atoms with E-state index in [1.54, 1.807) is 6.07 Å². The van der Waals surface area contributed by atoms with Crippen molar-refractivity contribution in [2.45, 2.75) is 12.0 Å². The zero-order valence-electron chi connectivity index (χ0n) is 9.29. The van der Waals surface area contributed by atoms with Crippen molar-refractivity contribution >= 4 is 23.2 Å². The van der Waals surface area contributed by atoms with Crippen LogP contribution in [0.25, 0.3) is 0 Å². The maximum Gasteiger partial charge on any atom is 0.109 e. The van der Waals surface area contributed by atoms with Crippen LogP contribution in [0.4, 0.5) is 0 Å². The van der Waals surface area contributed by atoms with Crippen LogP contribution in [0.5, 0.6) is 0 Å². The van der Waals surface area contributed by atoms with Crippen LogP contribution in [-0.4, -0.2) is 32.4 Å². The second-order valence-corrected chi connectivity index (χ2v) is 4.87. The molecule has 1 aliphatic rings. The average Bonchev–Trinajstić information content (AvgIpc) is 2.57. The maximum absolute atomic E-state index is 11.2. The molecule has 2 atom stereocenters. The van der Waals surface area contributed by atoms with E-state index in [0.29, 0.717) is 16.7 Å². The van der Waals surface area contributed by atoms with E-state index in [-0.39, 0.29) is 18.6 Å². The number of hydrogen-bond acceptors (Lipinski definition) is 2. The third-order valence-electron chi connectivity index (χ3n) is 2.96. The molecule has 1 fully saturated rings. The van der Waals surface area contributed by atoms with Crippen LogP contribution in [-0.2, 0) is 9.84 Å². The lowest BCUT2D eigenvalue weighted by atomic mass is 9.93. The van der Waals surface area contributed by atoms with Gasteiger partial charge in [0.1, 0.15) is 6.61 Å². The third kappa shape index (κ3) is 3.12. The molecule has 0 aromatic heterocycles. The summed E-state index contributed by atoms with van der Waals surface area (Å²) in [6, 6.07) is 5.47. The van der Waals surface area contributed by atoms with Gasteiger partial charge in [-0.05, 0) is 17.7 Å². The van der Waals surface area contributed by atoms with Gasteiger partial charge in [0.25, 0.3) is 0 Å². The van der Waals surface area contributed by atoms with E-state index in [9.17, 15) is 5.11 Å². The summed E-state index contributed by atoms with van der Waals surface area (Å²) in [5.74, 6) is 0.0322. The van der Waals surface area contributed by atoms with Crippen molar-refractivity contribution in [2.24, 2.45) is 0 Å². The molecule has 17 heavy (non-hydrogen) atoms. The highest BCUT2D eigenvalue weighted by Crippen LogP contribution is 2.29. The smallest absolute Gasteiger partial charge is 0.109 e. The molecule has 2 rings (SSSR count). The number of benzene rings is 1. The van der Waals surface area contributed by atoms with E-state index in [1.165, 1.54) is 0 Å². The van der Waals surface area contributed by atoms with Crippen molar-refractivity contribution in [3.8, 4) is 0 Å². The van der Waals surface area contributed by atoms with Crippen molar-refractivity contribution in [3.05, 3.63) is 33.8 Å². The van der Waals surface area contributed by atoms with Crippen molar-refractivity contribution in [2.75, 3.05) is 26.3 Å². The fourth-order valence-corrected chi connectivity index (χ4v) is 2.33. The Balaban J connectivity index is 2.25. The summed E-state index contributed by atoms with van der Waals surface area (Å²) in [6.07, 6.45) is -0.303. The van der Waals surface area contributed by atoms with Gasteiger partial charge in [0.2, 0.25) is 0 Å². The molecule has 1 heterocycles. The molecule has 0 spiro atoms. The van der Waals surface area contributed by atoms with Crippen LogP contribution in [0.2, 0.25) is 10.0 Å². The van der Waals surface area contributed by atoms with Gasteiger partial charge in [0, 0.05) is 19.0 Å². The van der Waals surface area contributed by atoms with Crippen molar-refractivity contribution in [1.29, 1.82) is 0 Å². The third-order valence-corrected chi connectivity index (χ3v) is 3.70. The molecular formula is C12H14Cl2NO2. The van der Waals surface area contributed by atoms with Gasteiger partial charge >= 0.3 is 0 Å². The Morgan fingerprint density at radius 3 is 2.88 bits per heavy atom. The zero-order valence-corrected chi connectivity index (χ0v) is 10.8. The summed E-state index contributed by atoms with van der Waals surface area (Å²) < 4.78 is 5.54. The van der Waals surface area contributed by atoms with E-state index in [0.717, 1.165) is 18.7 Å². The van der Waals surface area contributed by atoms with Crippen LogP contribution >= 0.6 is 23.2 Å². The Kier molecular flexibility index (Phi) is 4.65. The molecule has 0 aliphatic carbocycles. The van der Waals surface area contributed by atoms with Crippen LogP contribution in [0, 0.1) is 0 Å². The molecule has 3 nitrogen and oxygen atoms in total. The summed E-state index contributed by atoms with van der Waals surface area (Å²) in [5, 5.41) is 15.5. The molecule has 1 radical (unpaired) electrons. The van der Waals surface area contributed by atoms with E-state index in [1.807, 2.05) is 12.1 Å². The number of hydrogen-bond donors (Lipinski definition) is 1. The number of ether oxygens (including phenoxy) is 1. The summed E-state index contributed by atoms with van der Waals surface area (Å²) in [4.78, 5) is 0. The Morgan fingerprint density at radius 2 is 2.18 bits per heavy atom. The molecular weight excluding hydrogens is 261 g/mol. The fraction of sp³-hybridized carbons (Fsp3) is 0.500. The monoisotopic (exact) mass is 274 g/mol. The molecule has 0 amide bonds. The molecule has 93 valence electrons. The lowest BCUT2D eigenvalue weighted by Crippen LogP contribution is -2.29. The van der Waals surface area contributed by atoms with Gasteiger partial charge in [0.05, 0.1) is 22.8 Å². The SMILES string of the molecule is [O]CC1OCCNCC1c1ccc(Cl)c(Cl)c1. The minimum absolute atomic E-state index is 0.0322. The van der Waals surface area contributed by atoms with Gasteiger partial charge in [-0.3, -0.25) is 0 Å². The minimum atomic E-state index is -0.303. The van der Waals surface area contributed by atoms with Crippen molar-refractivity contribution in [1.82, 2.24) is 5.32 Å².